The molecule has 2 rings (SSSR count). The molecule has 1 unspecified atom stereocenters. The summed E-state index contributed by atoms with van der Waals surface area (Å²) >= 11 is 0. The molecule has 0 aromatic heterocycles. The smallest absolute Gasteiger partial charge is 0.191 e. The van der Waals surface area contributed by atoms with Crippen LogP contribution < -0.4 is 15.4 Å². The monoisotopic (exact) mass is 490 g/mol. The summed E-state index contributed by atoms with van der Waals surface area (Å²) in [5.41, 5.74) is 2.29. The van der Waals surface area contributed by atoms with Crippen LogP contribution in [-0.4, -0.2) is 63.9 Å². The lowest BCUT2D eigenvalue weighted by molar-refractivity contribution is 0.141. The average Bonchev–Trinajstić information content (AvgIpc) is 3.10. The van der Waals surface area contributed by atoms with Crippen molar-refractivity contribution in [1.82, 2.24) is 15.5 Å². The van der Waals surface area contributed by atoms with E-state index in [2.05, 4.69) is 47.6 Å². The van der Waals surface area contributed by atoms with E-state index in [1.54, 1.807) is 14.2 Å². The topological polar surface area (TPSA) is 58.1 Å². The van der Waals surface area contributed by atoms with Gasteiger partial charge in [0.25, 0.3) is 0 Å². The number of guanidine groups is 1. The summed E-state index contributed by atoms with van der Waals surface area (Å²) in [5.74, 6) is 1.75. The number of hydrogen-bond donors (Lipinski definition) is 2. The standard InChI is InChI=1S/C20H34N4O2.HI/c1-5-21-20(22-14-17-9-8-16(2)13-19(17)26-4)23-15-18-7-6-10-24(18)11-12-25-3;/h8-9,13,18H,5-7,10-12,14-15H2,1-4H3,(H2,21,22,23);1H. The molecular weight excluding hydrogens is 455 g/mol. The Morgan fingerprint density at radius 3 is 2.81 bits per heavy atom. The Labute approximate surface area is 181 Å². The van der Waals surface area contributed by atoms with Gasteiger partial charge in [-0.3, -0.25) is 4.90 Å². The first-order chi connectivity index (χ1) is 12.7. The van der Waals surface area contributed by atoms with E-state index in [1.807, 2.05) is 0 Å². The molecule has 6 nitrogen and oxygen atoms in total. The van der Waals surface area contributed by atoms with Crippen molar-refractivity contribution in [2.75, 3.05) is 47.0 Å². The number of methoxy groups -OCH3 is 2. The molecule has 1 aromatic rings. The lowest BCUT2D eigenvalue weighted by Crippen LogP contribution is -2.45. The minimum absolute atomic E-state index is 0. The first-order valence-electron chi connectivity index (χ1n) is 9.56. The van der Waals surface area contributed by atoms with Crippen LogP contribution in [0.1, 0.15) is 30.9 Å². The number of nitrogens with one attached hydrogen (secondary N) is 2. The molecule has 1 aliphatic heterocycles. The molecular formula is C20H35IN4O2. The average molecular weight is 490 g/mol. The highest BCUT2D eigenvalue weighted by atomic mass is 127. The van der Waals surface area contributed by atoms with Gasteiger partial charge < -0.3 is 20.1 Å². The van der Waals surface area contributed by atoms with Gasteiger partial charge in [0, 0.05) is 38.3 Å². The quantitative estimate of drug-likeness (QED) is 0.317. The Morgan fingerprint density at radius 2 is 2.11 bits per heavy atom. The summed E-state index contributed by atoms with van der Waals surface area (Å²) in [6.07, 6.45) is 2.48. The normalized spacial score (nSPS) is 17.5. The summed E-state index contributed by atoms with van der Waals surface area (Å²) < 4.78 is 10.7. The lowest BCUT2D eigenvalue weighted by atomic mass is 10.1. The van der Waals surface area contributed by atoms with E-state index in [9.17, 15) is 0 Å². The van der Waals surface area contributed by atoms with Gasteiger partial charge in [-0.2, -0.15) is 0 Å². The van der Waals surface area contributed by atoms with E-state index in [1.165, 1.54) is 18.4 Å². The summed E-state index contributed by atoms with van der Waals surface area (Å²) in [4.78, 5) is 7.24. The van der Waals surface area contributed by atoms with Crippen molar-refractivity contribution in [2.45, 2.75) is 39.3 Å². The predicted octanol–water partition coefficient (Wildman–Crippen LogP) is 2.79. The van der Waals surface area contributed by atoms with Gasteiger partial charge in [-0.15, -0.1) is 24.0 Å². The van der Waals surface area contributed by atoms with Crippen LogP contribution in [-0.2, 0) is 11.3 Å². The highest BCUT2D eigenvalue weighted by molar-refractivity contribution is 14.0. The number of benzene rings is 1. The van der Waals surface area contributed by atoms with Gasteiger partial charge in [-0.05, 0) is 44.9 Å². The summed E-state index contributed by atoms with van der Waals surface area (Å²) in [5, 5.41) is 6.84. The fourth-order valence-corrected chi connectivity index (χ4v) is 3.33. The highest BCUT2D eigenvalue weighted by Gasteiger charge is 2.23. The van der Waals surface area contributed by atoms with Crippen molar-refractivity contribution in [3.8, 4) is 5.75 Å². The van der Waals surface area contributed by atoms with Crippen LogP contribution in [0, 0.1) is 6.92 Å². The molecule has 1 atom stereocenters. The van der Waals surface area contributed by atoms with Crippen LogP contribution >= 0.6 is 24.0 Å². The number of hydrogen-bond acceptors (Lipinski definition) is 4. The molecule has 1 heterocycles. The first kappa shape index (κ1) is 24.0. The molecule has 0 aliphatic carbocycles. The van der Waals surface area contributed by atoms with Gasteiger partial charge in [0.2, 0.25) is 0 Å². The number of rotatable bonds is 9. The SMILES string of the molecule is CCNC(=NCc1ccc(C)cc1OC)NCC1CCCN1CCOC.I. The van der Waals surface area contributed by atoms with Crippen LogP contribution in [0.5, 0.6) is 5.75 Å². The van der Waals surface area contributed by atoms with Gasteiger partial charge in [0.15, 0.2) is 5.96 Å². The van der Waals surface area contributed by atoms with Gasteiger partial charge in [-0.1, -0.05) is 12.1 Å². The fraction of sp³-hybridized carbons (Fsp3) is 0.650. The Kier molecular flexibility index (Phi) is 11.7. The maximum Gasteiger partial charge on any atom is 0.191 e. The van der Waals surface area contributed by atoms with E-state index >= 15 is 0 Å². The van der Waals surface area contributed by atoms with Crippen molar-refractivity contribution in [1.29, 1.82) is 0 Å². The number of aliphatic imine (C=N–C) groups is 1. The minimum atomic E-state index is 0. The van der Waals surface area contributed by atoms with Crippen molar-refractivity contribution in [2.24, 2.45) is 4.99 Å². The second-order valence-electron chi connectivity index (χ2n) is 6.72. The number of nitrogens with zero attached hydrogens (tertiary/aromatic N) is 2. The Hall–Kier alpha value is -1.06. The second-order valence-corrected chi connectivity index (χ2v) is 6.72. The fourth-order valence-electron chi connectivity index (χ4n) is 3.33. The van der Waals surface area contributed by atoms with Gasteiger partial charge in [0.1, 0.15) is 5.75 Å². The maximum absolute atomic E-state index is 5.48. The Bertz CT molecular complexity index is 583. The molecule has 1 aliphatic rings. The van der Waals surface area contributed by atoms with Crippen LogP contribution in [0.3, 0.4) is 0 Å². The summed E-state index contributed by atoms with van der Waals surface area (Å²) in [6.45, 7) is 9.44. The van der Waals surface area contributed by atoms with Crippen LogP contribution in [0.4, 0.5) is 0 Å². The highest BCUT2D eigenvalue weighted by Crippen LogP contribution is 2.20. The molecule has 1 aromatic carbocycles. The number of ether oxygens (including phenoxy) is 2. The van der Waals surface area contributed by atoms with E-state index < -0.39 is 0 Å². The minimum Gasteiger partial charge on any atom is -0.496 e. The van der Waals surface area contributed by atoms with E-state index in [4.69, 9.17) is 14.5 Å². The number of halogens is 1. The molecule has 154 valence electrons. The van der Waals surface area contributed by atoms with Crippen molar-refractivity contribution >= 4 is 29.9 Å². The van der Waals surface area contributed by atoms with Gasteiger partial charge in [0.05, 0.1) is 20.3 Å². The molecule has 0 spiro atoms. The van der Waals surface area contributed by atoms with E-state index in [-0.39, 0.29) is 24.0 Å². The largest absolute Gasteiger partial charge is 0.496 e. The Morgan fingerprint density at radius 1 is 1.30 bits per heavy atom. The molecule has 1 saturated heterocycles. The predicted molar refractivity (Wildman–Crippen MR) is 122 cm³/mol. The second kappa shape index (κ2) is 13.2. The lowest BCUT2D eigenvalue weighted by Gasteiger charge is -2.25. The molecule has 0 saturated carbocycles. The Balaban J connectivity index is 0.00000364. The molecule has 0 amide bonds. The number of aryl methyl sites for hydroxylation is 1. The molecule has 7 heteroatoms. The molecule has 2 N–H and O–H groups in total. The number of likely N-dealkylation sites (tertiary alicyclic amines) is 1. The summed E-state index contributed by atoms with van der Waals surface area (Å²) in [6, 6.07) is 6.78. The summed E-state index contributed by atoms with van der Waals surface area (Å²) in [7, 11) is 3.47. The van der Waals surface area contributed by atoms with Gasteiger partial charge >= 0.3 is 0 Å². The van der Waals surface area contributed by atoms with Crippen LogP contribution in [0.2, 0.25) is 0 Å². The third kappa shape index (κ3) is 7.83. The van der Waals surface area contributed by atoms with Crippen LogP contribution in [0.15, 0.2) is 23.2 Å². The molecule has 0 radical (unpaired) electrons. The van der Waals surface area contributed by atoms with Crippen molar-refractivity contribution < 1.29 is 9.47 Å². The van der Waals surface area contributed by atoms with E-state index in [0.717, 1.165) is 50.1 Å². The zero-order valence-electron chi connectivity index (χ0n) is 17.1. The van der Waals surface area contributed by atoms with Gasteiger partial charge in [-0.25, -0.2) is 4.99 Å². The zero-order valence-corrected chi connectivity index (χ0v) is 19.4. The zero-order chi connectivity index (χ0) is 18.8. The van der Waals surface area contributed by atoms with Crippen molar-refractivity contribution in [3.05, 3.63) is 29.3 Å². The maximum atomic E-state index is 5.48. The third-order valence-corrected chi connectivity index (χ3v) is 4.78. The molecule has 27 heavy (non-hydrogen) atoms. The molecule has 0 bridgehead atoms. The molecule has 1 fully saturated rings. The van der Waals surface area contributed by atoms with E-state index in [0.29, 0.717) is 12.6 Å². The van der Waals surface area contributed by atoms with Crippen LogP contribution in [0.25, 0.3) is 0 Å². The third-order valence-electron chi connectivity index (χ3n) is 4.78. The van der Waals surface area contributed by atoms with Crippen molar-refractivity contribution in [3.63, 3.8) is 0 Å². The first-order valence-corrected chi connectivity index (χ1v) is 9.56.